The first-order valence-electron chi connectivity index (χ1n) is 6.59. The molecule has 0 heterocycles. The first-order valence-corrected chi connectivity index (χ1v) is 7.38. The summed E-state index contributed by atoms with van der Waals surface area (Å²) in [6.45, 7) is 2.31. The minimum atomic E-state index is -0.0776. The van der Waals surface area contributed by atoms with Crippen molar-refractivity contribution in [1.29, 1.82) is 0 Å². The molecular weight excluding hydrogens is 330 g/mol. The van der Waals surface area contributed by atoms with E-state index in [1.807, 2.05) is 43.1 Å². The number of likely N-dealkylation sites (N-methyl/N-ethyl adjacent to an activating group) is 1. The average molecular weight is 348 g/mol. The number of hydrogen-bond donors (Lipinski definition) is 2. The van der Waals surface area contributed by atoms with E-state index in [1.54, 1.807) is 18.2 Å². The van der Waals surface area contributed by atoms with Crippen molar-refractivity contribution in [2.75, 3.05) is 29.5 Å². The van der Waals surface area contributed by atoms with Crippen LogP contribution in [-0.4, -0.2) is 19.5 Å². The number of carbonyl (C=O) groups excluding carboxylic acids is 1. The minimum absolute atomic E-state index is 0.0776. The van der Waals surface area contributed by atoms with Gasteiger partial charge in [-0.2, -0.15) is 0 Å². The van der Waals surface area contributed by atoms with Crippen LogP contribution in [0, 0.1) is 6.92 Å². The second-order valence-corrected chi connectivity index (χ2v) is 5.78. The lowest BCUT2D eigenvalue weighted by Gasteiger charge is -2.21. The lowest BCUT2D eigenvalue weighted by Crippen LogP contribution is -2.30. The molecule has 0 aliphatic rings. The molecule has 2 aromatic rings. The molecule has 5 heteroatoms. The highest BCUT2D eigenvalue weighted by Crippen LogP contribution is 2.25. The van der Waals surface area contributed by atoms with Crippen LogP contribution in [0.15, 0.2) is 46.9 Å². The van der Waals surface area contributed by atoms with Gasteiger partial charge >= 0.3 is 0 Å². The topological polar surface area (TPSA) is 58.4 Å². The molecule has 0 fully saturated rings. The predicted molar refractivity (Wildman–Crippen MR) is 91.6 cm³/mol. The van der Waals surface area contributed by atoms with Crippen LogP contribution in [0.5, 0.6) is 0 Å². The third-order valence-corrected chi connectivity index (χ3v) is 3.83. The monoisotopic (exact) mass is 347 g/mol. The Labute approximate surface area is 133 Å². The lowest BCUT2D eigenvalue weighted by atomic mass is 10.2. The zero-order valence-corrected chi connectivity index (χ0v) is 13.6. The number of carbonyl (C=O) groups is 1. The number of nitrogen functional groups attached to an aromatic ring is 1. The number of rotatable bonds is 4. The number of benzene rings is 2. The van der Waals surface area contributed by atoms with Gasteiger partial charge in [-0.15, -0.1) is 0 Å². The average Bonchev–Trinajstić information content (AvgIpc) is 2.42. The largest absolute Gasteiger partial charge is 0.399 e. The van der Waals surface area contributed by atoms with Crippen LogP contribution < -0.4 is 16.0 Å². The molecule has 0 spiro atoms. The fraction of sp³-hybridized carbons (Fsp3) is 0.188. The standard InChI is InChI=1S/C16H18BrN3O/c1-11-5-3-4-6-15(11)20(2)10-16(21)19-14-8-7-12(18)9-13(14)17/h3-9H,10,18H2,1-2H3,(H,19,21). The van der Waals surface area contributed by atoms with Crippen LogP contribution in [0.4, 0.5) is 17.1 Å². The van der Waals surface area contributed by atoms with E-state index >= 15 is 0 Å². The summed E-state index contributed by atoms with van der Waals surface area (Å²) in [6.07, 6.45) is 0. The van der Waals surface area contributed by atoms with Crippen molar-refractivity contribution in [3.8, 4) is 0 Å². The summed E-state index contributed by atoms with van der Waals surface area (Å²) in [6, 6.07) is 13.3. The Morgan fingerprint density at radius 1 is 1.29 bits per heavy atom. The number of hydrogen-bond acceptors (Lipinski definition) is 3. The summed E-state index contributed by atoms with van der Waals surface area (Å²) < 4.78 is 0.773. The van der Waals surface area contributed by atoms with Crippen LogP contribution in [-0.2, 0) is 4.79 Å². The fourth-order valence-electron chi connectivity index (χ4n) is 2.11. The van der Waals surface area contributed by atoms with Gasteiger partial charge in [-0.05, 0) is 52.7 Å². The molecule has 0 saturated carbocycles. The SMILES string of the molecule is Cc1ccccc1N(C)CC(=O)Nc1ccc(N)cc1Br. The van der Waals surface area contributed by atoms with E-state index in [0.717, 1.165) is 15.7 Å². The number of amides is 1. The summed E-state index contributed by atoms with van der Waals surface area (Å²) in [7, 11) is 1.90. The van der Waals surface area contributed by atoms with Crippen LogP contribution in [0.25, 0.3) is 0 Å². The second kappa shape index (κ2) is 6.63. The summed E-state index contributed by atoms with van der Waals surface area (Å²) in [4.78, 5) is 14.1. The molecule has 0 unspecified atom stereocenters. The zero-order valence-electron chi connectivity index (χ0n) is 12.1. The summed E-state index contributed by atoms with van der Waals surface area (Å²) in [5.41, 5.74) is 9.23. The van der Waals surface area contributed by atoms with Crippen molar-refractivity contribution >= 4 is 38.9 Å². The number of para-hydroxylation sites is 1. The molecule has 0 aromatic heterocycles. The van der Waals surface area contributed by atoms with Crippen LogP contribution in [0.1, 0.15) is 5.56 Å². The van der Waals surface area contributed by atoms with Gasteiger partial charge in [0.2, 0.25) is 5.91 Å². The molecular formula is C16H18BrN3O. The lowest BCUT2D eigenvalue weighted by molar-refractivity contribution is -0.114. The van der Waals surface area contributed by atoms with Gasteiger partial charge in [0, 0.05) is 22.9 Å². The number of nitrogens with one attached hydrogen (secondary N) is 1. The molecule has 0 aliphatic carbocycles. The minimum Gasteiger partial charge on any atom is -0.399 e. The van der Waals surface area contributed by atoms with Gasteiger partial charge in [0.15, 0.2) is 0 Å². The normalized spacial score (nSPS) is 10.2. The van der Waals surface area contributed by atoms with Crippen LogP contribution >= 0.6 is 15.9 Å². The molecule has 2 aromatic carbocycles. The van der Waals surface area contributed by atoms with Crippen LogP contribution in [0.2, 0.25) is 0 Å². The first kappa shape index (κ1) is 15.4. The van der Waals surface area contributed by atoms with Gasteiger partial charge < -0.3 is 16.0 Å². The predicted octanol–water partition coefficient (Wildman–Crippen LogP) is 3.41. The molecule has 21 heavy (non-hydrogen) atoms. The van der Waals surface area contributed by atoms with Crippen molar-refractivity contribution in [3.63, 3.8) is 0 Å². The molecule has 110 valence electrons. The third kappa shape index (κ3) is 3.98. The molecule has 0 aliphatic heterocycles. The maximum atomic E-state index is 12.1. The molecule has 0 bridgehead atoms. The number of nitrogens with zero attached hydrogens (tertiary/aromatic N) is 1. The molecule has 1 amide bonds. The number of halogens is 1. The van der Waals surface area contributed by atoms with Crippen molar-refractivity contribution in [1.82, 2.24) is 0 Å². The summed E-state index contributed by atoms with van der Waals surface area (Å²) in [5, 5.41) is 2.87. The first-order chi connectivity index (χ1) is 9.97. The molecule has 4 nitrogen and oxygen atoms in total. The van der Waals surface area contributed by atoms with Crippen molar-refractivity contribution in [2.45, 2.75) is 6.92 Å². The van der Waals surface area contributed by atoms with Crippen molar-refractivity contribution < 1.29 is 4.79 Å². The van der Waals surface area contributed by atoms with E-state index in [9.17, 15) is 4.79 Å². The highest BCUT2D eigenvalue weighted by Gasteiger charge is 2.10. The van der Waals surface area contributed by atoms with E-state index in [2.05, 4.69) is 21.2 Å². The number of anilines is 3. The molecule has 0 saturated heterocycles. The quantitative estimate of drug-likeness (QED) is 0.833. The Balaban J connectivity index is 2.03. The van der Waals surface area contributed by atoms with E-state index in [0.29, 0.717) is 11.4 Å². The molecule has 0 atom stereocenters. The van der Waals surface area contributed by atoms with Crippen LogP contribution in [0.3, 0.4) is 0 Å². The maximum Gasteiger partial charge on any atom is 0.243 e. The Bertz CT molecular complexity index is 658. The van der Waals surface area contributed by atoms with Gasteiger partial charge in [-0.25, -0.2) is 0 Å². The zero-order chi connectivity index (χ0) is 15.4. The van der Waals surface area contributed by atoms with Crippen molar-refractivity contribution in [3.05, 3.63) is 52.5 Å². The number of nitrogens with two attached hydrogens (primary N) is 1. The summed E-state index contributed by atoms with van der Waals surface area (Å²) in [5.74, 6) is -0.0776. The third-order valence-electron chi connectivity index (χ3n) is 3.17. The van der Waals surface area contributed by atoms with E-state index in [-0.39, 0.29) is 12.5 Å². The van der Waals surface area contributed by atoms with E-state index < -0.39 is 0 Å². The summed E-state index contributed by atoms with van der Waals surface area (Å²) >= 11 is 3.39. The van der Waals surface area contributed by atoms with E-state index in [1.165, 1.54) is 0 Å². The van der Waals surface area contributed by atoms with Crippen molar-refractivity contribution in [2.24, 2.45) is 0 Å². The Kier molecular flexibility index (Phi) is 4.85. The molecule has 2 rings (SSSR count). The van der Waals surface area contributed by atoms with Gasteiger partial charge in [0.05, 0.1) is 12.2 Å². The Morgan fingerprint density at radius 2 is 2.00 bits per heavy atom. The highest BCUT2D eigenvalue weighted by atomic mass is 79.9. The van der Waals surface area contributed by atoms with Gasteiger partial charge in [-0.3, -0.25) is 4.79 Å². The number of aryl methyl sites for hydroxylation is 1. The van der Waals surface area contributed by atoms with Gasteiger partial charge in [0.25, 0.3) is 0 Å². The van der Waals surface area contributed by atoms with Gasteiger partial charge in [0.1, 0.15) is 0 Å². The highest BCUT2D eigenvalue weighted by molar-refractivity contribution is 9.10. The molecule has 0 radical (unpaired) electrons. The van der Waals surface area contributed by atoms with Gasteiger partial charge in [-0.1, -0.05) is 18.2 Å². The molecule has 3 N–H and O–H groups in total. The maximum absolute atomic E-state index is 12.1. The second-order valence-electron chi connectivity index (χ2n) is 4.93. The Morgan fingerprint density at radius 3 is 2.67 bits per heavy atom. The smallest absolute Gasteiger partial charge is 0.243 e. The van der Waals surface area contributed by atoms with E-state index in [4.69, 9.17) is 5.73 Å². The fourth-order valence-corrected chi connectivity index (χ4v) is 2.61. The Hall–Kier alpha value is -2.01.